The molecule has 0 saturated carbocycles. The minimum Gasteiger partial charge on any atom is -0.469 e. The zero-order valence-corrected chi connectivity index (χ0v) is 19.0. The van der Waals surface area contributed by atoms with Crippen LogP contribution >= 0.6 is 0 Å². The van der Waals surface area contributed by atoms with Crippen molar-refractivity contribution in [2.45, 2.75) is 63.3 Å². The Morgan fingerprint density at radius 2 is 1.80 bits per heavy atom. The number of carbonyl (C=O) groups is 1. The highest BCUT2D eigenvalue weighted by molar-refractivity contribution is 7.89. The summed E-state index contributed by atoms with van der Waals surface area (Å²) in [6.45, 7) is 8.95. The molecule has 2 aromatic rings. The van der Waals surface area contributed by atoms with E-state index in [1.807, 2.05) is 31.2 Å². The van der Waals surface area contributed by atoms with Crippen LogP contribution in [-0.4, -0.2) is 37.8 Å². The summed E-state index contributed by atoms with van der Waals surface area (Å²) >= 11 is 0. The highest BCUT2D eigenvalue weighted by Crippen LogP contribution is 2.27. The SMILES string of the molecule is CC(Cc1ccco1)NC(=O)C1CCN(S(=O)(=O)c2ccc(C(C)(C)C)cc2)CC1. The zero-order chi connectivity index (χ0) is 21.9. The molecule has 1 aromatic carbocycles. The molecular weight excluding hydrogens is 400 g/mol. The lowest BCUT2D eigenvalue weighted by Gasteiger charge is -2.31. The van der Waals surface area contributed by atoms with E-state index in [0.29, 0.717) is 37.2 Å². The molecule has 1 unspecified atom stereocenters. The van der Waals surface area contributed by atoms with Gasteiger partial charge in [0.2, 0.25) is 15.9 Å². The third kappa shape index (κ3) is 5.32. The summed E-state index contributed by atoms with van der Waals surface area (Å²) in [5, 5.41) is 3.03. The van der Waals surface area contributed by atoms with Crippen LogP contribution in [0, 0.1) is 5.92 Å². The Hall–Kier alpha value is -2.12. The third-order valence-electron chi connectivity index (χ3n) is 5.66. The van der Waals surface area contributed by atoms with Crippen LogP contribution in [0.2, 0.25) is 0 Å². The highest BCUT2D eigenvalue weighted by Gasteiger charge is 2.32. The Kier molecular flexibility index (Phi) is 6.72. The lowest BCUT2D eigenvalue weighted by Crippen LogP contribution is -2.45. The van der Waals surface area contributed by atoms with Gasteiger partial charge in [-0.15, -0.1) is 0 Å². The van der Waals surface area contributed by atoms with E-state index in [1.54, 1.807) is 18.4 Å². The van der Waals surface area contributed by atoms with Gasteiger partial charge in [0.25, 0.3) is 0 Å². The van der Waals surface area contributed by atoms with Crippen LogP contribution in [0.3, 0.4) is 0 Å². The maximum atomic E-state index is 13.0. The maximum absolute atomic E-state index is 13.0. The van der Waals surface area contributed by atoms with E-state index >= 15 is 0 Å². The fourth-order valence-electron chi connectivity index (χ4n) is 3.78. The van der Waals surface area contributed by atoms with Gasteiger partial charge in [-0.1, -0.05) is 32.9 Å². The number of nitrogens with one attached hydrogen (secondary N) is 1. The van der Waals surface area contributed by atoms with E-state index in [2.05, 4.69) is 26.1 Å². The van der Waals surface area contributed by atoms with Gasteiger partial charge in [0, 0.05) is 31.5 Å². The number of carbonyl (C=O) groups excluding carboxylic acids is 1. The number of hydrogen-bond acceptors (Lipinski definition) is 4. The predicted octanol–water partition coefficient (Wildman–Crippen LogP) is 3.73. The number of sulfonamides is 1. The number of nitrogens with zero attached hydrogens (tertiary/aromatic N) is 1. The fourth-order valence-corrected chi connectivity index (χ4v) is 5.25. The normalized spacial score (nSPS) is 17.6. The molecule has 1 saturated heterocycles. The summed E-state index contributed by atoms with van der Waals surface area (Å²) in [5.41, 5.74) is 1.07. The van der Waals surface area contributed by atoms with E-state index in [0.717, 1.165) is 11.3 Å². The molecule has 30 heavy (non-hydrogen) atoms. The van der Waals surface area contributed by atoms with Gasteiger partial charge in [-0.05, 0) is 55.0 Å². The maximum Gasteiger partial charge on any atom is 0.243 e. The van der Waals surface area contributed by atoms with Crippen molar-refractivity contribution in [3.63, 3.8) is 0 Å². The minimum atomic E-state index is -3.54. The molecule has 3 rings (SSSR count). The van der Waals surface area contributed by atoms with Crippen molar-refractivity contribution >= 4 is 15.9 Å². The molecular formula is C23H32N2O4S. The quantitative estimate of drug-likeness (QED) is 0.754. The van der Waals surface area contributed by atoms with Crippen LogP contribution in [0.25, 0.3) is 0 Å². The molecule has 1 amide bonds. The molecule has 2 heterocycles. The van der Waals surface area contributed by atoms with Crippen LogP contribution in [0.4, 0.5) is 0 Å². The van der Waals surface area contributed by atoms with Crippen LogP contribution in [0.5, 0.6) is 0 Å². The summed E-state index contributed by atoms with van der Waals surface area (Å²) in [4.78, 5) is 12.9. The summed E-state index contributed by atoms with van der Waals surface area (Å²) < 4.78 is 32.8. The third-order valence-corrected chi connectivity index (χ3v) is 7.57. The molecule has 164 valence electrons. The van der Waals surface area contributed by atoms with Crippen LogP contribution < -0.4 is 5.32 Å². The van der Waals surface area contributed by atoms with Crippen molar-refractivity contribution in [3.8, 4) is 0 Å². The second kappa shape index (κ2) is 8.94. The number of furan rings is 1. The van der Waals surface area contributed by atoms with Crippen LogP contribution in [0.1, 0.15) is 51.9 Å². The number of amides is 1. The van der Waals surface area contributed by atoms with Crippen molar-refractivity contribution in [1.29, 1.82) is 0 Å². The zero-order valence-electron chi connectivity index (χ0n) is 18.2. The van der Waals surface area contributed by atoms with Crippen molar-refractivity contribution in [2.75, 3.05) is 13.1 Å². The largest absolute Gasteiger partial charge is 0.469 e. The fraction of sp³-hybridized carbons (Fsp3) is 0.522. The van der Waals surface area contributed by atoms with E-state index in [1.165, 1.54) is 4.31 Å². The van der Waals surface area contributed by atoms with Crippen molar-refractivity contribution < 1.29 is 17.6 Å². The van der Waals surface area contributed by atoms with Crippen LogP contribution in [0.15, 0.2) is 52.0 Å². The molecule has 1 aliphatic rings. The van der Waals surface area contributed by atoms with Crippen molar-refractivity contribution in [3.05, 3.63) is 54.0 Å². The first-order valence-electron chi connectivity index (χ1n) is 10.5. The second-order valence-corrected chi connectivity index (χ2v) is 11.1. The molecule has 1 N–H and O–H groups in total. The Morgan fingerprint density at radius 3 is 2.33 bits per heavy atom. The Bertz CT molecular complexity index is 936. The second-order valence-electron chi connectivity index (χ2n) is 9.15. The first-order valence-corrected chi connectivity index (χ1v) is 11.9. The van der Waals surface area contributed by atoms with Gasteiger partial charge in [0.05, 0.1) is 11.2 Å². The topological polar surface area (TPSA) is 79.6 Å². The Morgan fingerprint density at radius 1 is 1.17 bits per heavy atom. The average molecular weight is 433 g/mol. The standard InChI is InChI=1S/C23H32N2O4S/c1-17(16-20-6-5-15-29-20)24-22(26)18-11-13-25(14-12-18)30(27,28)21-9-7-19(8-10-21)23(2,3)4/h5-10,15,17-18H,11-14,16H2,1-4H3,(H,24,26). The number of benzene rings is 1. The van der Waals surface area contributed by atoms with E-state index in [-0.39, 0.29) is 23.3 Å². The monoisotopic (exact) mass is 432 g/mol. The first-order chi connectivity index (χ1) is 14.1. The van der Waals surface area contributed by atoms with Crippen molar-refractivity contribution in [2.24, 2.45) is 5.92 Å². The molecule has 0 bridgehead atoms. The molecule has 1 aliphatic heterocycles. The van der Waals surface area contributed by atoms with Crippen LogP contribution in [-0.2, 0) is 26.7 Å². The Balaban J connectivity index is 1.55. The summed E-state index contributed by atoms with van der Waals surface area (Å²) in [6, 6.07) is 10.8. The number of rotatable bonds is 6. The molecule has 7 heteroatoms. The Labute approximate surface area is 179 Å². The van der Waals surface area contributed by atoms with E-state index in [9.17, 15) is 13.2 Å². The van der Waals surface area contributed by atoms with Gasteiger partial charge in [-0.3, -0.25) is 4.79 Å². The molecule has 6 nitrogen and oxygen atoms in total. The number of piperidine rings is 1. The van der Waals surface area contributed by atoms with Gasteiger partial charge in [-0.25, -0.2) is 8.42 Å². The molecule has 0 spiro atoms. The number of hydrogen-bond donors (Lipinski definition) is 1. The smallest absolute Gasteiger partial charge is 0.243 e. The van der Waals surface area contributed by atoms with Gasteiger partial charge >= 0.3 is 0 Å². The summed E-state index contributed by atoms with van der Waals surface area (Å²) in [7, 11) is -3.54. The average Bonchev–Trinajstić information content (AvgIpc) is 3.20. The van der Waals surface area contributed by atoms with Gasteiger partial charge in [0.15, 0.2) is 0 Å². The lowest BCUT2D eigenvalue weighted by molar-refractivity contribution is -0.126. The minimum absolute atomic E-state index is 0.0133. The molecule has 0 radical (unpaired) electrons. The van der Waals surface area contributed by atoms with E-state index < -0.39 is 10.0 Å². The molecule has 0 aliphatic carbocycles. The predicted molar refractivity (Wildman–Crippen MR) is 117 cm³/mol. The van der Waals surface area contributed by atoms with Gasteiger partial charge < -0.3 is 9.73 Å². The van der Waals surface area contributed by atoms with Gasteiger partial charge in [0.1, 0.15) is 5.76 Å². The molecule has 1 fully saturated rings. The lowest BCUT2D eigenvalue weighted by atomic mass is 9.87. The van der Waals surface area contributed by atoms with Crippen molar-refractivity contribution in [1.82, 2.24) is 9.62 Å². The van der Waals surface area contributed by atoms with Gasteiger partial charge in [-0.2, -0.15) is 4.31 Å². The highest BCUT2D eigenvalue weighted by atomic mass is 32.2. The van der Waals surface area contributed by atoms with E-state index in [4.69, 9.17) is 4.42 Å². The molecule has 1 aromatic heterocycles. The molecule has 1 atom stereocenters. The summed E-state index contributed by atoms with van der Waals surface area (Å²) in [5.74, 6) is 0.653. The first kappa shape index (κ1) is 22.6. The summed E-state index contributed by atoms with van der Waals surface area (Å²) in [6.07, 6.45) is 3.31.